The minimum absolute atomic E-state index is 0.494. The third kappa shape index (κ3) is 1.61. The van der Waals surface area contributed by atoms with E-state index in [1.807, 2.05) is 6.08 Å². The molecule has 0 aromatic heterocycles. The largest absolute Gasteiger partial charge is 0.102 e. The highest BCUT2D eigenvalue weighted by molar-refractivity contribution is 5.53. The van der Waals surface area contributed by atoms with Crippen LogP contribution in [0.15, 0.2) is 47.6 Å². The first-order valence-corrected chi connectivity index (χ1v) is 5.56. The highest BCUT2D eigenvalue weighted by atomic mass is 14.2. The van der Waals surface area contributed by atoms with Crippen molar-refractivity contribution in [1.82, 2.24) is 0 Å². The Hall–Kier alpha value is -1.04. The summed E-state index contributed by atoms with van der Waals surface area (Å²) in [6, 6.07) is 0. The van der Waals surface area contributed by atoms with E-state index in [0.29, 0.717) is 5.92 Å². The van der Waals surface area contributed by atoms with Gasteiger partial charge in [-0.1, -0.05) is 36.8 Å². The fraction of sp³-hybridized carbons (Fsp3) is 0.429. The van der Waals surface area contributed by atoms with Crippen LogP contribution < -0.4 is 0 Å². The highest BCUT2D eigenvalue weighted by Gasteiger charge is 2.18. The molecule has 0 bridgehead atoms. The summed E-state index contributed by atoms with van der Waals surface area (Å²) in [6.07, 6.45) is 14.1. The average Bonchev–Trinajstić information content (AvgIpc) is 2.85. The molecule has 2 aliphatic rings. The van der Waals surface area contributed by atoms with E-state index in [-0.39, 0.29) is 0 Å². The molecule has 14 heavy (non-hydrogen) atoms. The summed E-state index contributed by atoms with van der Waals surface area (Å²) in [4.78, 5) is 0. The second-order valence-corrected chi connectivity index (χ2v) is 4.23. The molecule has 0 aromatic carbocycles. The van der Waals surface area contributed by atoms with Gasteiger partial charge in [-0.25, -0.2) is 0 Å². The van der Waals surface area contributed by atoms with Gasteiger partial charge in [0.05, 0.1) is 0 Å². The highest BCUT2D eigenvalue weighted by Crippen LogP contribution is 2.35. The van der Waals surface area contributed by atoms with E-state index in [1.165, 1.54) is 36.8 Å². The molecule has 0 nitrogen and oxygen atoms in total. The maximum absolute atomic E-state index is 3.88. The Labute approximate surface area is 86.7 Å². The Morgan fingerprint density at radius 3 is 2.71 bits per heavy atom. The maximum atomic E-state index is 3.88. The molecule has 0 aromatic rings. The first kappa shape index (κ1) is 9.51. The van der Waals surface area contributed by atoms with E-state index in [0.717, 1.165) is 0 Å². The standard InChI is InChI=1S/C14H18/c1-3-11(2)13-9-6-10-14(13)12-7-4-5-8-12/h3,6,9-11H,1,4-5,7-8H2,2H3. The van der Waals surface area contributed by atoms with Gasteiger partial charge in [0.1, 0.15) is 0 Å². The molecule has 2 aliphatic carbocycles. The van der Waals surface area contributed by atoms with Crippen molar-refractivity contribution in [3.8, 4) is 0 Å². The van der Waals surface area contributed by atoms with Gasteiger partial charge in [0.2, 0.25) is 0 Å². The number of rotatable bonds is 2. The lowest BCUT2D eigenvalue weighted by atomic mass is 9.92. The van der Waals surface area contributed by atoms with Gasteiger partial charge in [-0.3, -0.25) is 0 Å². The van der Waals surface area contributed by atoms with Crippen molar-refractivity contribution in [3.63, 3.8) is 0 Å². The van der Waals surface area contributed by atoms with E-state index in [2.05, 4.69) is 31.7 Å². The Morgan fingerprint density at radius 2 is 2.07 bits per heavy atom. The minimum atomic E-state index is 0.494. The van der Waals surface area contributed by atoms with Crippen molar-refractivity contribution in [1.29, 1.82) is 0 Å². The molecule has 0 heterocycles. The minimum Gasteiger partial charge on any atom is -0.102 e. The smallest absolute Gasteiger partial charge is 0.000720 e. The first-order chi connectivity index (χ1) is 6.83. The molecule has 1 fully saturated rings. The van der Waals surface area contributed by atoms with Crippen LogP contribution in [0.1, 0.15) is 32.6 Å². The Morgan fingerprint density at radius 1 is 1.36 bits per heavy atom. The average molecular weight is 186 g/mol. The zero-order valence-electron chi connectivity index (χ0n) is 8.92. The molecule has 0 amide bonds. The van der Waals surface area contributed by atoms with Crippen LogP contribution in [0.3, 0.4) is 0 Å². The summed E-state index contributed by atoms with van der Waals surface area (Å²) in [5.41, 5.74) is 4.64. The van der Waals surface area contributed by atoms with Crippen molar-refractivity contribution in [3.05, 3.63) is 47.6 Å². The molecule has 0 radical (unpaired) electrons. The predicted octanol–water partition coefficient (Wildman–Crippen LogP) is 4.18. The fourth-order valence-electron chi connectivity index (χ4n) is 2.35. The van der Waals surface area contributed by atoms with Crippen molar-refractivity contribution < 1.29 is 0 Å². The molecule has 0 saturated heterocycles. The number of hydrogen-bond acceptors (Lipinski definition) is 0. The molecule has 0 heteroatoms. The second kappa shape index (κ2) is 4.00. The van der Waals surface area contributed by atoms with Crippen LogP contribution in [0.4, 0.5) is 0 Å². The lowest BCUT2D eigenvalue weighted by Gasteiger charge is -2.12. The first-order valence-electron chi connectivity index (χ1n) is 5.56. The van der Waals surface area contributed by atoms with Gasteiger partial charge in [0, 0.05) is 0 Å². The maximum Gasteiger partial charge on any atom is -0.000720 e. The Bertz CT molecular complexity index is 318. The molecular formula is C14H18. The van der Waals surface area contributed by atoms with Gasteiger partial charge >= 0.3 is 0 Å². The SMILES string of the molecule is C=CC(C)C1=CC=CC1=C1CCCC1. The van der Waals surface area contributed by atoms with Crippen LogP contribution in [0.5, 0.6) is 0 Å². The number of hydrogen-bond donors (Lipinski definition) is 0. The van der Waals surface area contributed by atoms with Crippen molar-refractivity contribution in [2.45, 2.75) is 32.6 Å². The molecule has 1 saturated carbocycles. The molecule has 0 spiro atoms. The van der Waals surface area contributed by atoms with Crippen LogP contribution in [-0.2, 0) is 0 Å². The van der Waals surface area contributed by atoms with E-state index in [1.54, 1.807) is 5.57 Å². The zero-order valence-corrected chi connectivity index (χ0v) is 8.92. The van der Waals surface area contributed by atoms with Crippen LogP contribution in [0, 0.1) is 5.92 Å². The molecule has 1 atom stereocenters. The van der Waals surface area contributed by atoms with Crippen molar-refractivity contribution >= 4 is 0 Å². The van der Waals surface area contributed by atoms with Crippen molar-refractivity contribution in [2.75, 3.05) is 0 Å². The molecule has 1 unspecified atom stereocenters. The van der Waals surface area contributed by atoms with Crippen LogP contribution >= 0.6 is 0 Å². The third-order valence-electron chi connectivity index (χ3n) is 3.28. The molecule has 2 rings (SSSR count). The van der Waals surface area contributed by atoms with Gasteiger partial charge < -0.3 is 0 Å². The molecule has 74 valence electrons. The van der Waals surface area contributed by atoms with E-state index in [4.69, 9.17) is 0 Å². The Kier molecular flexibility index (Phi) is 2.72. The summed E-state index contributed by atoms with van der Waals surface area (Å²) in [5.74, 6) is 0.494. The summed E-state index contributed by atoms with van der Waals surface area (Å²) in [5, 5.41) is 0. The topological polar surface area (TPSA) is 0 Å². The van der Waals surface area contributed by atoms with E-state index < -0.39 is 0 Å². The van der Waals surface area contributed by atoms with Gasteiger partial charge in [-0.05, 0) is 42.7 Å². The lowest BCUT2D eigenvalue weighted by Crippen LogP contribution is -1.97. The molecule has 0 N–H and O–H groups in total. The zero-order chi connectivity index (χ0) is 9.97. The van der Waals surface area contributed by atoms with E-state index >= 15 is 0 Å². The van der Waals surface area contributed by atoms with Gasteiger partial charge in [-0.2, -0.15) is 0 Å². The Balaban J connectivity index is 2.28. The number of allylic oxidation sites excluding steroid dienone is 7. The third-order valence-corrected chi connectivity index (χ3v) is 3.28. The second-order valence-electron chi connectivity index (χ2n) is 4.23. The lowest BCUT2D eigenvalue weighted by molar-refractivity contribution is 0.877. The normalized spacial score (nSPS) is 22.8. The quantitative estimate of drug-likeness (QED) is 0.568. The van der Waals surface area contributed by atoms with Gasteiger partial charge in [0.15, 0.2) is 0 Å². The molecular weight excluding hydrogens is 168 g/mol. The summed E-state index contributed by atoms with van der Waals surface area (Å²) < 4.78 is 0. The summed E-state index contributed by atoms with van der Waals surface area (Å²) >= 11 is 0. The van der Waals surface area contributed by atoms with Crippen LogP contribution in [0.25, 0.3) is 0 Å². The monoisotopic (exact) mass is 186 g/mol. The van der Waals surface area contributed by atoms with Crippen LogP contribution in [-0.4, -0.2) is 0 Å². The predicted molar refractivity (Wildman–Crippen MR) is 62.1 cm³/mol. The summed E-state index contributed by atoms with van der Waals surface area (Å²) in [6.45, 7) is 6.10. The van der Waals surface area contributed by atoms with E-state index in [9.17, 15) is 0 Å². The summed E-state index contributed by atoms with van der Waals surface area (Å²) in [7, 11) is 0. The van der Waals surface area contributed by atoms with Crippen LogP contribution in [0.2, 0.25) is 0 Å². The van der Waals surface area contributed by atoms with Gasteiger partial charge in [0.25, 0.3) is 0 Å². The fourth-order valence-corrected chi connectivity index (χ4v) is 2.35. The van der Waals surface area contributed by atoms with Gasteiger partial charge in [-0.15, -0.1) is 6.58 Å². The molecule has 0 aliphatic heterocycles. The van der Waals surface area contributed by atoms with Crippen molar-refractivity contribution in [2.24, 2.45) is 5.92 Å².